The molecule has 0 unspecified atom stereocenters. The summed E-state index contributed by atoms with van der Waals surface area (Å²) >= 11 is 5.62. The van der Waals surface area contributed by atoms with E-state index in [1.54, 1.807) is 0 Å². The van der Waals surface area contributed by atoms with Crippen LogP contribution in [-0.2, 0) is 4.74 Å². The van der Waals surface area contributed by atoms with Gasteiger partial charge in [-0.15, -0.1) is 0 Å². The normalized spacial score (nSPS) is 12.2. The van der Waals surface area contributed by atoms with Gasteiger partial charge in [0.25, 0.3) is 0 Å². The number of hydrogen-bond acceptors (Lipinski definition) is 4. The highest BCUT2D eigenvalue weighted by atomic mass is 35.5. The molecule has 0 saturated carbocycles. The number of ether oxygens (including phenoxy) is 1. The molecule has 0 amide bonds. The number of hydrogen-bond donors (Lipinski definition) is 0. The molecule has 0 saturated heterocycles. The first kappa shape index (κ1) is 16.9. The smallest absolute Gasteiger partial charge is 0.358 e. The van der Waals surface area contributed by atoms with E-state index in [-0.39, 0.29) is 17.0 Å². The molecule has 1 aromatic rings. The van der Waals surface area contributed by atoms with Crippen molar-refractivity contribution >= 4 is 17.6 Å². The lowest BCUT2D eigenvalue weighted by Crippen LogP contribution is -2.16. The number of rotatable bonds is 9. The first-order chi connectivity index (χ1) is 9.63. The van der Waals surface area contributed by atoms with Crippen LogP contribution in [0.2, 0.25) is 5.15 Å². The van der Waals surface area contributed by atoms with Gasteiger partial charge in [-0.1, -0.05) is 50.6 Å². The predicted molar refractivity (Wildman–Crippen MR) is 79.9 cm³/mol. The lowest BCUT2D eigenvalue weighted by Gasteiger charge is -2.12. The number of esters is 1. The molecule has 1 aromatic heterocycles. The van der Waals surface area contributed by atoms with Gasteiger partial charge in [0.15, 0.2) is 5.69 Å². The molecule has 0 bridgehead atoms. The van der Waals surface area contributed by atoms with Gasteiger partial charge >= 0.3 is 5.97 Å². The molecule has 0 aliphatic heterocycles. The van der Waals surface area contributed by atoms with E-state index in [1.165, 1.54) is 44.5 Å². The third-order valence-electron chi connectivity index (χ3n) is 3.10. The summed E-state index contributed by atoms with van der Waals surface area (Å²) in [4.78, 5) is 19.5. The van der Waals surface area contributed by atoms with E-state index in [0.717, 1.165) is 12.8 Å². The average Bonchev–Trinajstić information content (AvgIpc) is 2.43. The Bertz CT molecular complexity index is 395. The Labute approximate surface area is 125 Å². The molecule has 112 valence electrons. The minimum atomic E-state index is -0.437. The van der Waals surface area contributed by atoms with Crippen LogP contribution in [0.5, 0.6) is 0 Å². The van der Waals surface area contributed by atoms with Crippen molar-refractivity contribution in [3.05, 3.63) is 23.2 Å². The van der Waals surface area contributed by atoms with Crippen LogP contribution in [0.4, 0.5) is 0 Å². The fourth-order valence-corrected chi connectivity index (χ4v) is 2.03. The minimum absolute atomic E-state index is 0.0915. The summed E-state index contributed by atoms with van der Waals surface area (Å²) in [5, 5.41) is 0.265. The van der Waals surface area contributed by atoms with Crippen LogP contribution < -0.4 is 0 Å². The van der Waals surface area contributed by atoms with Crippen LogP contribution in [0.15, 0.2) is 12.4 Å². The molecule has 1 rings (SSSR count). The first-order valence-electron chi connectivity index (χ1n) is 7.32. The molecular formula is C15H23ClN2O2. The van der Waals surface area contributed by atoms with Gasteiger partial charge in [0.1, 0.15) is 5.15 Å². The zero-order chi connectivity index (χ0) is 14.8. The lowest BCUT2D eigenvalue weighted by molar-refractivity contribution is 0.0312. The summed E-state index contributed by atoms with van der Waals surface area (Å²) in [5.74, 6) is -0.437. The summed E-state index contributed by atoms with van der Waals surface area (Å²) in [6.07, 6.45) is 10.9. The van der Waals surface area contributed by atoms with Crippen LogP contribution >= 0.6 is 11.6 Å². The van der Waals surface area contributed by atoms with Crippen molar-refractivity contribution in [2.75, 3.05) is 0 Å². The zero-order valence-electron chi connectivity index (χ0n) is 12.3. The average molecular weight is 299 g/mol. The van der Waals surface area contributed by atoms with Crippen molar-refractivity contribution in [2.24, 2.45) is 0 Å². The number of unbranched alkanes of at least 4 members (excludes halogenated alkanes) is 5. The van der Waals surface area contributed by atoms with E-state index in [2.05, 4.69) is 16.9 Å². The second-order valence-corrected chi connectivity index (χ2v) is 5.38. The highest BCUT2D eigenvalue weighted by Crippen LogP contribution is 2.11. The highest BCUT2D eigenvalue weighted by Gasteiger charge is 2.13. The van der Waals surface area contributed by atoms with Crippen molar-refractivity contribution in [3.8, 4) is 0 Å². The van der Waals surface area contributed by atoms with Gasteiger partial charge < -0.3 is 4.74 Å². The molecule has 0 spiro atoms. The molecule has 0 aromatic carbocycles. The summed E-state index contributed by atoms with van der Waals surface area (Å²) in [5.41, 5.74) is 0.198. The highest BCUT2D eigenvalue weighted by molar-refractivity contribution is 6.29. The van der Waals surface area contributed by atoms with Crippen molar-refractivity contribution < 1.29 is 9.53 Å². The maximum Gasteiger partial charge on any atom is 0.358 e. The molecule has 1 atom stereocenters. The SMILES string of the molecule is CCCCCCCC[C@H](C)OC(=O)c1cnc(Cl)cn1. The van der Waals surface area contributed by atoms with Gasteiger partial charge in [-0.25, -0.2) is 14.8 Å². The molecule has 0 fully saturated rings. The van der Waals surface area contributed by atoms with Crippen LogP contribution in [0.1, 0.15) is 69.3 Å². The fraction of sp³-hybridized carbons (Fsp3) is 0.667. The van der Waals surface area contributed by atoms with E-state index in [9.17, 15) is 4.79 Å². The van der Waals surface area contributed by atoms with Crippen LogP contribution in [0.3, 0.4) is 0 Å². The first-order valence-corrected chi connectivity index (χ1v) is 7.69. The quantitative estimate of drug-likeness (QED) is 0.500. The number of halogens is 1. The van der Waals surface area contributed by atoms with Gasteiger partial charge in [0.2, 0.25) is 0 Å². The van der Waals surface area contributed by atoms with Crippen LogP contribution in [-0.4, -0.2) is 22.0 Å². The van der Waals surface area contributed by atoms with Crippen LogP contribution in [0, 0.1) is 0 Å². The predicted octanol–water partition coefficient (Wildman–Crippen LogP) is 4.43. The van der Waals surface area contributed by atoms with E-state index in [4.69, 9.17) is 16.3 Å². The molecule has 1 heterocycles. The Hall–Kier alpha value is -1.16. The van der Waals surface area contributed by atoms with Gasteiger partial charge in [-0.3, -0.25) is 0 Å². The molecule has 0 aliphatic rings. The monoisotopic (exact) mass is 298 g/mol. The fourth-order valence-electron chi connectivity index (χ4n) is 1.93. The number of carbonyl (C=O) groups excluding carboxylic acids is 1. The third-order valence-corrected chi connectivity index (χ3v) is 3.30. The Morgan fingerprint density at radius 1 is 1.20 bits per heavy atom. The molecule has 0 N–H and O–H groups in total. The van der Waals surface area contributed by atoms with E-state index in [1.807, 2.05) is 6.92 Å². The topological polar surface area (TPSA) is 52.1 Å². The Morgan fingerprint density at radius 2 is 1.90 bits per heavy atom. The Balaban J connectivity index is 2.19. The summed E-state index contributed by atoms with van der Waals surface area (Å²) in [7, 11) is 0. The lowest BCUT2D eigenvalue weighted by atomic mass is 10.1. The van der Waals surface area contributed by atoms with E-state index >= 15 is 0 Å². The van der Waals surface area contributed by atoms with Gasteiger partial charge in [-0.2, -0.15) is 0 Å². The second kappa shape index (κ2) is 9.70. The van der Waals surface area contributed by atoms with Crippen molar-refractivity contribution in [2.45, 2.75) is 64.9 Å². The van der Waals surface area contributed by atoms with Crippen molar-refractivity contribution in [1.82, 2.24) is 9.97 Å². The minimum Gasteiger partial charge on any atom is -0.458 e. The molecule has 5 heteroatoms. The second-order valence-electron chi connectivity index (χ2n) is 5.00. The van der Waals surface area contributed by atoms with Gasteiger partial charge in [0, 0.05) is 0 Å². The molecule has 20 heavy (non-hydrogen) atoms. The van der Waals surface area contributed by atoms with Gasteiger partial charge in [0.05, 0.1) is 18.5 Å². The maximum atomic E-state index is 11.8. The van der Waals surface area contributed by atoms with E-state index < -0.39 is 5.97 Å². The van der Waals surface area contributed by atoms with Gasteiger partial charge in [-0.05, 0) is 19.8 Å². The Kier molecular flexibility index (Phi) is 8.19. The summed E-state index contributed by atoms with van der Waals surface area (Å²) in [6, 6.07) is 0. The van der Waals surface area contributed by atoms with Crippen molar-refractivity contribution in [1.29, 1.82) is 0 Å². The number of carbonyl (C=O) groups is 1. The molecular weight excluding hydrogens is 276 g/mol. The standard InChI is InChI=1S/C15H23ClN2O2/c1-3-4-5-6-7-8-9-12(2)20-15(19)13-10-18-14(16)11-17-13/h10-12H,3-9H2,1-2H3/t12-/m0/s1. The Morgan fingerprint density at radius 3 is 2.55 bits per heavy atom. The van der Waals surface area contributed by atoms with E-state index in [0.29, 0.717) is 0 Å². The summed E-state index contributed by atoms with van der Waals surface area (Å²) in [6.45, 7) is 4.12. The molecule has 0 aliphatic carbocycles. The maximum absolute atomic E-state index is 11.8. The largest absolute Gasteiger partial charge is 0.458 e. The third kappa shape index (κ3) is 6.85. The molecule has 0 radical (unpaired) electrons. The number of aromatic nitrogens is 2. The zero-order valence-corrected chi connectivity index (χ0v) is 13.0. The number of nitrogens with zero attached hydrogens (tertiary/aromatic N) is 2. The molecule has 4 nitrogen and oxygen atoms in total. The van der Waals surface area contributed by atoms with Crippen LogP contribution in [0.25, 0.3) is 0 Å². The van der Waals surface area contributed by atoms with Crippen molar-refractivity contribution in [3.63, 3.8) is 0 Å². The summed E-state index contributed by atoms with van der Waals surface area (Å²) < 4.78 is 5.32.